The molecule has 1 rings (SSSR count). The Bertz CT molecular complexity index is 798. The van der Waals surface area contributed by atoms with E-state index in [0.29, 0.717) is 5.75 Å². The molecule has 3 nitrogen and oxygen atoms in total. The van der Waals surface area contributed by atoms with E-state index in [1.54, 1.807) is 7.05 Å². The van der Waals surface area contributed by atoms with Crippen molar-refractivity contribution in [3.63, 3.8) is 0 Å². The Morgan fingerprint density at radius 2 is 1.35 bits per heavy atom. The normalized spacial score (nSPS) is 11.6. The van der Waals surface area contributed by atoms with E-state index in [-0.39, 0.29) is 6.61 Å². The van der Waals surface area contributed by atoms with Gasteiger partial charge in [0.2, 0.25) is 0 Å². The summed E-state index contributed by atoms with van der Waals surface area (Å²) in [7, 11) is 1.80. The molecule has 0 spiro atoms. The Balaban J connectivity index is -0.000000474. The summed E-state index contributed by atoms with van der Waals surface area (Å²) < 4.78 is 17.6. The first-order valence-electron chi connectivity index (χ1n) is 13.9. The number of alkyl halides is 1. The molecule has 0 bridgehead atoms. The van der Waals surface area contributed by atoms with Crippen molar-refractivity contribution < 1.29 is 9.13 Å². The van der Waals surface area contributed by atoms with Gasteiger partial charge in [0, 0.05) is 30.5 Å². The highest BCUT2D eigenvalue weighted by molar-refractivity contribution is 6.01. The highest BCUT2D eigenvalue weighted by atomic mass is 19.1. The maximum Gasteiger partial charge on any atom is 0.123 e. The summed E-state index contributed by atoms with van der Waals surface area (Å²) >= 11 is 0. The molecule has 0 fully saturated rings. The standard InChI is InChI=1S/C23H31FN2O.2C3H8.2C2H6/c1-16(2)14-17(3)20(6)26-23(18(4)15-19(5)25-7)21-8-10-22(11-9-21)27-13-12-24;2*1-3-2;2*1-2/h8-11,14H,1,12-13,15H2,2-7H3;2*3H2,1-2H3;2*1-2H3/b17-14-,23-18+,25-19?,26-20-;;;;. The van der Waals surface area contributed by atoms with E-state index in [2.05, 4.69) is 46.2 Å². The number of aliphatic imine (C=N–C) groups is 2. The van der Waals surface area contributed by atoms with Crippen molar-refractivity contribution in [1.29, 1.82) is 0 Å². The highest BCUT2D eigenvalue weighted by Crippen LogP contribution is 2.26. The molecule has 214 valence electrons. The van der Waals surface area contributed by atoms with Gasteiger partial charge in [0.05, 0.1) is 5.70 Å². The van der Waals surface area contributed by atoms with Crippen molar-refractivity contribution in [3.8, 4) is 5.75 Å². The van der Waals surface area contributed by atoms with Crippen molar-refractivity contribution in [3.05, 3.63) is 59.2 Å². The molecule has 0 saturated carbocycles. The van der Waals surface area contributed by atoms with Gasteiger partial charge in [-0.1, -0.05) is 86.5 Å². The monoisotopic (exact) mass is 518 g/mol. The topological polar surface area (TPSA) is 34.0 Å². The lowest BCUT2D eigenvalue weighted by Gasteiger charge is -2.12. The van der Waals surface area contributed by atoms with E-state index in [1.807, 2.05) is 85.7 Å². The minimum Gasteiger partial charge on any atom is -0.491 e. The third-order valence-corrected chi connectivity index (χ3v) is 4.09. The predicted octanol–water partition coefficient (Wildman–Crippen LogP) is 11.1. The summed E-state index contributed by atoms with van der Waals surface area (Å²) in [6.07, 6.45) is 5.28. The van der Waals surface area contributed by atoms with Crippen molar-refractivity contribution in [2.45, 2.75) is 109 Å². The number of rotatable bonds is 9. The average Bonchev–Trinajstić information content (AvgIpc) is 2.89. The smallest absolute Gasteiger partial charge is 0.123 e. The number of ether oxygens (including phenoxy) is 1. The third-order valence-electron chi connectivity index (χ3n) is 4.09. The lowest BCUT2D eigenvalue weighted by atomic mass is 10.0. The second-order valence-corrected chi connectivity index (χ2v) is 8.11. The second kappa shape index (κ2) is 29.7. The van der Waals surface area contributed by atoms with Crippen LogP contribution in [0.2, 0.25) is 0 Å². The molecule has 0 N–H and O–H groups in total. The Hall–Kier alpha value is -2.49. The van der Waals surface area contributed by atoms with Crippen molar-refractivity contribution in [2.24, 2.45) is 9.98 Å². The third kappa shape index (κ3) is 23.6. The van der Waals surface area contributed by atoms with Crippen molar-refractivity contribution in [2.75, 3.05) is 20.3 Å². The van der Waals surface area contributed by atoms with Crippen LogP contribution in [0.5, 0.6) is 5.75 Å². The molecule has 0 amide bonds. The van der Waals surface area contributed by atoms with Crippen molar-refractivity contribution in [1.82, 2.24) is 0 Å². The second-order valence-electron chi connectivity index (χ2n) is 8.11. The SMILES string of the molecule is C=C(C)\C=C(C)/C(C)=N\C(=C(/C)CC(C)=NC)c1ccc(OCCF)cc1.CC.CC.CCC.CCC. The van der Waals surface area contributed by atoms with Crippen LogP contribution in [0, 0.1) is 0 Å². The van der Waals surface area contributed by atoms with E-state index < -0.39 is 6.67 Å². The zero-order valence-corrected chi connectivity index (χ0v) is 26.8. The quantitative estimate of drug-likeness (QED) is 0.236. The molecule has 0 heterocycles. The predicted molar refractivity (Wildman–Crippen MR) is 170 cm³/mol. The number of hydrogen-bond acceptors (Lipinski definition) is 3. The zero-order valence-electron chi connectivity index (χ0n) is 26.8. The number of nitrogens with zero attached hydrogens (tertiary/aromatic N) is 2. The van der Waals surface area contributed by atoms with E-state index in [1.165, 1.54) is 12.8 Å². The van der Waals surface area contributed by atoms with Gasteiger partial charge in [-0.15, -0.1) is 0 Å². The van der Waals surface area contributed by atoms with Gasteiger partial charge in [-0.05, 0) is 70.0 Å². The van der Waals surface area contributed by atoms with E-state index >= 15 is 0 Å². The first-order valence-corrected chi connectivity index (χ1v) is 13.9. The first-order chi connectivity index (χ1) is 17.6. The fraction of sp³-hybridized carbons (Fsp3) is 0.576. The summed E-state index contributed by atoms with van der Waals surface area (Å²) in [5.41, 5.74) is 7.11. The van der Waals surface area contributed by atoms with Crippen LogP contribution in [-0.4, -0.2) is 31.8 Å². The van der Waals surface area contributed by atoms with Crippen LogP contribution in [0.4, 0.5) is 4.39 Å². The molecule has 37 heavy (non-hydrogen) atoms. The van der Waals surface area contributed by atoms with E-state index in [9.17, 15) is 4.39 Å². The molecule has 0 aliphatic heterocycles. The minimum atomic E-state index is -0.501. The van der Waals surface area contributed by atoms with Crippen LogP contribution < -0.4 is 4.74 Å². The van der Waals surface area contributed by atoms with Crippen LogP contribution in [0.15, 0.2) is 63.6 Å². The maximum absolute atomic E-state index is 12.3. The summed E-state index contributed by atoms with van der Waals surface area (Å²) in [5, 5.41) is 0. The molecule has 0 radical (unpaired) electrons. The van der Waals surface area contributed by atoms with Crippen LogP contribution >= 0.6 is 0 Å². The van der Waals surface area contributed by atoms with Crippen LogP contribution in [0.25, 0.3) is 5.70 Å². The highest BCUT2D eigenvalue weighted by Gasteiger charge is 2.09. The molecular formula is C33H59FN2O. The fourth-order valence-corrected chi connectivity index (χ4v) is 2.55. The number of allylic oxidation sites excluding steroid dienone is 4. The zero-order chi connectivity index (χ0) is 29.8. The van der Waals surface area contributed by atoms with Gasteiger partial charge in [-0.25, -0.2) is 4.39 Å². The van der Waals surface area contributed by atoms with Gasteiger partial charge < -0.3 is 4.74 Å². The molecule has 0 aliphatic rings. The summed E-state index contributed by atoms with van der Waals surface area (Å²) in [6.45, 7) is 30.1. The Morgan fingerprint density at radius 3 is 1.73 bits per heavy atom. The lowest BCUT2D eigenvalue weighted by Crippen LogP contribution is -2.01. The first kappa shape index (κ1) is 41.6. The lowest BCUT2D eigenvalue weighted by molar-refractivity contribution is 0.273. The summed E-state index contributed by atoms with van der Waals surface area (Å²) in [5.74, 6) is 0.652. The average molecular weight is 519 g/mol. The molecule has 0 unspecified atom stereocenters. The fourth-order valence-electron chi connectivity index (χ4n) is 2.55. The van der Waals surface area contributed by atoms with Crippen molar-refractivity contribution >= 4 is 17.1 Å². The molecular weight excluding hydrogens is 459 g/mol. The molecule has 4 heteroatoms. The molecule has 0 atom stereocenters. The van der Waals surface area contributed by atoms with Crippen LogP contribution in [-0.2, 0) is 0 Å². The summed E-state index contributed by atoms with van der Waals surface area (Å²) in [6, 6.07) is 7.61. The van der Waals surface area contributed by atoms with Gasteiger partial charge in [0.25, 0.3) is 0 Å². The van der Waals surface area contributed by atoms with Crippen LogP contribution in [0.1, 0.15) is 115 Å². The Kier molecular flexibility index (Phi) is 33.5. The van der Waals surface area contributed by atoms with E-state index in [0.717, 1.165) is 45.8 Å². The molecule has 0 aliphatic carbocycles. The molecule has 1 aromatic rings. The Labute approximate surface area is 230 Å². The number of benzene rings is 1. The van der Waals surface area contributed by atoms with Gasteiger partial charge >= 0.3 is 0 Å². The van der Waals surface area contributed by atoms with Gasteiger partial charge in [0.15, 0.2) is 0 Å². The summed E-state index contributed by atoms with van der Waals surface area (Å²) in [4.78, 5) is 9.17. The van der Waals surface area contributed by atoms with Gasteiger partial charge in [0.1, 0.15) is 19.0 Å². The maximum atomic E-state index is 12.3. The van der Waals surface area contributed by atoms with Gasteiger partial charge in [-0.3, -0.25) is 9.98 Å². The molecule has 0 aromatic heterocycles. The van der Waals surface area contributed by atoms with Gasteiger partial charge in [-0.2, -0.15) is 0 Å². The molecule has 1 aromatic carbocycles. The minimum absolute atomic E-state index is 0.0649. The molecule has 0 saturated heterocycles. The number of hydrogen-bond donors (Lipinski definition) is 0. The number of halogens is 1. The largest absolute Gasteiger partial charge is 0.491 e. The van der Waals surface area contributed by atoms with E-state index in [4.69, 9.17) is 9.73 Å². The van der Waals surface area contributed by atoms with Crippen LogP contribution in [0.3, 0.4) is 0 Å². The Morgan fingerprint density at radius 1 is 0.892 bits per heavy atom.